The summed E-state index contributed by atoms with van der Waals surface area (Å²) in [6.07, 6.45) is 5.63. The van der Waals surface area contributed by atoms with Crippen molar-refractivity contribution >= 4 is 23.2 Å². The Labute approximate surface area is 134 Å². The first-order valence-electron chi connectivity index (χ1n) is 7.38. The van der Waals surface area contributed by atoms with Crippen molar-refractivity contribution in [2.75, 3.05) is 18.5 Å². The Kier molecular flexibility index (Phi) is 4.75. The van der Waals surface area contributed by atoms with Crippen molar-refractivity contribution in [3.8, 4) is 0 Å². The van der Waals surface area contributed by atoms with Crippen molar-refractivity contribution < 1.29 is 9.53 Å². The maximum absolute atomic E-state index is 12.2. The predicted molar refractivity (Wildman–Crippen MR) is 85.2 cm³/mol. The van der Waals surface area contributed by atoms with E-state index in [2.05, 4.69) is 10.4 Å². The van der Waals surface area contributed by atoms with Crippen LogP contribution >= 0.6 is 11.6 Å². The standard InChI is InChI=1S/C16H18ClN3O2/c17-15-4-2-1-3-14(15)16(21)19-13-9-18-20(11-13)10-12-5-7-22-8-6-12/h1-4,9,11-12H,5-8,10H2,(H,19,21). The molecule has 2 aromatic rings. The van der Waals surface area contributed by atoms with E-state index in [1.165, 1.54) is 0 Å². The molecule has 0 atom stereocenters. The number of nitrogens with one attached hydrogen (secondary N) is 1. The van der Waals surface area contributed by atoms with Crippen molar-refractivity contribution in [1.82, 2.24) is 9.78 Å². The molecule has 1 aromatic carbocycles. The predicted octanol–water partition coefficient (Wildman–Crippen LogP) is 3.22. The fraction of sp³-hybridized carbons (Fsp3) is 0.375. The second kappa shape index (κ2) is 6.94. The number of nitrogens with zero attached hydrogens (tertiary/aromatic N) is 2. The Bertz CT molecular complexity index is 650. The molecule has 5 nitrogen and oxygen atoms in total. The summed E-state index contributed by atoms with van der Waals surface area (Å²) in [6.45, 7) is 2.50. The molecule has 1 saturated heterocycles. The lowest BCUT2D eigenvalue weighted by molar-refractivity contribution is 0.0601. The van der Waals surface area contributed by atoms with E-state index in [4.69, 9.17) is 16.3 Å². The zero-order valence-electron chi connectivity index (χ0n) is 12.2. The van der Waals surface area contributed by atoms with Crippen LogP contribution in [0.25, 0.3) is 0 Å². The summed E-state index contributed by atoms with van der Waals surface area (Å²) in [5.74, 6) is 0.358. The molecule has 116 valence electrons. The SMILES string of the molecule is O=C(Nc1cnn(CC2CCOCC2)c1)c1ccccc1Cl. The maximum atomic E-state index is 12.2. The van der Waals surface area contributed by atoms with Crippen LogP contribution < -0.4 is 5.32 Å². The molecule has 0 radical (unpaired) electrons. The molecular formula is C16H18ClN3O2. The smallest absolute Gasteiger partial charge is 0.257 e. The third-order valence-electron chi connectivity index (χ3n) is 3.80. The van der Waals surface area contributed by atoms with Crippen LogP contribution in [-0.2, 0) is 11.3 Å². The van der Waals surface area contributed by atoms with E-state index in [1.807, 2.05) is 10.9 Å². The number of carbonyl (C=O) groups is 1. The van der Waals surface area contributed by atoms with Gasteiger partial charge < -0.3 is 10.1 Å². The van der Waals surface area contributed by atoms with Gasteiger partial charge in [0.15, 0.2) is 0 Å². The van der Waals surface area contributed by atoms with Gasteiger partial charge in [0.1, 0.15) is 0 Å². The molecule has 6 heteroatoms. The highest BCUT2D eigenvalue weighted by atomic mass is 35.5. The minimum absolute atomic E-state index is 0.226. The van der Waals surface area contributed by atoms with Crippen LogP contribution in [0.2, 0.25) is 5.02 Å². The first kappa shape index (κ1) is 15.1. The van der Waals surface area contributed by atoms with Crippen molar-refractivity contribution in [3.63, 3.8) is 0 Å². The van der Waals surface area contributed by atoms with E-state index < -0.39 is 0 Å². The van der Waals surface area contributed by atoms with Gasteiger partial charge in [-0.2, -0.15) is 5.10 Å². The second-order valence-corrected chi connectivity index (χ2v) is 5.85. The molecule has 1 aliphatic heterocycles. The Balaban J connectivity index is 1.61. The molecule has 1 N–H and O–H groups in total. The van der Waals surface area contributed by atoms with Crippen LogP contribution in [0.1, 0.15) is 23.2 Å². The number of hydrogen-bond acceptors (Lipinski definition) is 3. The molecule has 2 heterocycles. The summed E-state index contributed by atoms with van der Waals surface area (Å²) in [4.78, 5) is 12.2. The lowest BCUT2D eigenvalue weighted by Gasteiger charge is -2.21. The molecule has 0 saturated carbocycles. The highest BCUT2D eigenvalue weighted by molar-refractivity contribution is 6.34. The Morgan fingerprint density at radius 3 is 2.91 bits per heavy atom. The van der Waals surface area contributed by atoms with E-state index >= 15 is 0 Å². The number of aromatic nitrogens is 2. The molecule has 1 aliphatic rings. The lowest BCUT2D eigenvalue weighted by atomic mass is 10.0. The van der Waals surface area contributed by atoms with Crippen LogP contribution in [0.15, 0.2) is 36.7 Å². The Morgan fingerprint density at radius 2 is 2.14 bits per heavy atom. The normalized spacial score (nSPS) is 15.7. The van der Waals surface area contributed by atoms with Crippen molar-refractivity contribution in [1.29, 1.82) is 0 Å². The van der Waals surface area contributed by atoms with Gasteiger partial charge in [0, 0.05) is 26.0 Å². The number of anilines is 1. The summed E-state index contributed by atoms with van der Waals surface area (Å²) in [5, 5.41) is 7.57. The molecule has 0 bridgehead atoms. The average molecular weight is 320 g/mol. The average Bonchev–Trinajstić information content (AvgIpc) is 2.95. The third-order valence-corrected chi connectivity index (χ3v) is 4.13. The van der Waals surface area contributed by atoms with Gasteiger partial charge in [-0.3, -0.25) is 9.48 Å². The lowest BCUT2D eigenvalue weighted by Crippen LogP contribution is -2.20. The first-order valence-corrected chi connectivity index (χ1v) is 7.76. The largest absolute Gasteiger partial charge is 0.381 e. The van der Waals surface area contributed by atoms with E-state index in [0.29, 0.717) is 22.2 Å². The summed E-state index contributed by atoms with van der Waals surface area (Å²) >= 11 is 6.03. The number of amides is 1. The topological polar surface area (TPSA) is 56.2 Å². The number of rotatable bonds is 4. The molecule has 0 spiro atoms. The Hall–Kier alpha value is -1.85. The molecule has 3 rings (SSSR count). The van der Waals surface area contributed by atoms with E-state index in [0.717, 1.165) is 32.6 Å². The molecule has 22 heavy (non-hydrogen) atoms. The monoisotopic (exact) mass is 319 g/mol. The van der Waals surface area contributed by atoms with Gasteiger partial charge in [-0.1, -0.05) is 23.7 Å². The van der Waals surface area contributed by atoms with Gasteiger partial charge in [-0.15, -0.1) is 0 Å². The number of hydrogen-bond donors (Lipinski definition) is 1. The van der Waals surface area contributed by atoms with E-state index in [9.17, 15) is 4.79 Å². The van der Waals surface area contributed by atoms with Gasteiger partial charge in [0.05, 0.1) is 22.5 Å². The minimum Gasteiger partial charge on any atom is -0.381 e. The van der Waals surface area contributed by atoms with E-state index in [1.54, 1.807) is 30.5 Å². The molecule has 1 amide bonds. The van der Waals surface area contributed by atoms with Gasteiger partial charge in [-0.05, 0) is 30.9 Å². The third kappa shape index (κ3) is 3.67. The summed E-state index contributed by atoms with van der Waals surface area (Å²) in [5.41, 5.74) is 1.14. The zero-order valence-corrected chi connectivity index (χ0v) is 12.9. The molecule has 0 aliphatic carbocycles. The van der Waals surface area contributed by atoms with Gasteiger partial charge >= 0.3 is 0 Å². The van der Waals surface area contributed by atoms with Crippen molar-refractivity contribution in [2.45, 2.75) is 19.4 Å². The second-order valence-electron chi connectivity index (χ2n) is 5.44. The zero-order chi connectivity index (χ0) is 15.4. The van der Waals surface area contributed by atoms with Crippen LogP contribution in [0.5, 0.6) is 0 Å². The van der Waals surface area contributed by atoms with Crippen LogP contribution in [0.4, 0.5) is 5.69 Å². The first-order chi connectivity index (χ1) is 10.7. The molecular weight excluding hydrogens is 302 g/mol. The van der Waals surface area contributed by atoms with Gasteiger partial charge in [0.2, 0.25) is 0 Å². The summed E-state index contributed by atoms with van der Waals surface area (Å²) < 4.78 is 7.23. The van der Waals surface area contributed by atoms with Gasteiger partial charge in [0.25, 0.3) is 5.91 Å². The Morgan fingerprint density at radius 1 is 1.36 bits per heavy atom. The highest BCUT2D eigenvalue weighted by Gasteiger charge is 2.15. The molecule has 1 aromatic heterocycles. The highest BCUT2D eigenvalue weighted by Crippen LogP contribution is 2.19. The number of benzene rings is 1. The van der Waals surface area contributed by atoms with Crippen LogP contribution in [0, 0.1) is 5.92 Å². The van der Waals surface area contributed by atoms with E-state index in [-0.39, 0.29) is 5.91 Å². The van der Waals surface area contributed by atoms with Crippen LogP contribution in [-0.4, -0.2) is 28.9 Å². The van der Waals surface area contributed by atoms with Crippen LogP contribution in [0.3, 0.4) is 0 Å². The van der Waals surface area contributed by atoms with Crippen molar-refractivity contribution in [2.24, 2.45) is 5.92 Å². The summed E-state index contributed by atoms with van der Waals surface area (Å²) in [7, 11) is 0. The van der Waals surface area contributed by atoms with Gasteiger partial charge in [-0.25, -0.2) is 0 Å². The maximum Gasteiger partial charge on any atom is 0.257 e. The molecule has 1 fully saturated rings. The fourth-order valence-corrected chi connectivity index (χ4v) is 2.79. The minimum atomic E-state index is -0.226. The quantitative estimate of drug-likeness (QED) is 0.941. The molecule has 0 unspecified atom stereocenters. The number of halogens is 1. The number of ether oxygens (including phenoxy) is 1. The number of carbonyl (C=O) groups excluding carboxylic acids is 1. The van der Waals surface area contributed by atoms with Crippen molar-refractivity contribution in [3.05, 3.63) is 47.2 Å². The summed E-state index contributed by atoms with van der Waals surface area (Å²) in [6, 6.07) is 6.98. The fourth-order valence-electron chi connectivity index (χ4n) is 2.57.